The fourth-order valence-electron chi connectivity index (χ4n) is 2.07. The van der Waals surface area contributed by atoms with E-state index in [0.717, 1.165) is 28.3 Å². The minimum absolute atomic E-state index is 0.0594. The molecule has 2 aromatic carbocycles. The molecule has 0 spiro atoms. The van der Waals surface area contributed by atoms with E-state index in [1.165, 1.54) is 18.2 Å². The van der Waals surface area contributed by atoms with Gasteiger partial charge in [0, 0.05) is 6.54 Å². The first-order chi connectivity index (χ1) is 11.1. The summed E-state index contributed by atoms with van der Waals surface area (Å²) in [4.78, 5) is 12.2. The molecule has 0 aliphatic heterocycles. The summed E-state index contributed by atoms with van der Waals surface area (Å²) in [5.41, 5.74) is 2.44. The Bertz CT molecular complexity index is 838. The number of nitrogens with one attached hydrogen (secondary N) is 1. The summed E-state index contributed by atoms with van der Waals surface area (Å²) in [6.07, 6.45) is 0. The molecule has 1 aromatic heterocycles. The number of ether oxygens (including phenoxy) is 1. The molecule has 0 saturated heterocycles. The van der Waals surface area contributed by atoms with Gasteiger partial charge in [0.2, 0.25) is 0 Å². The van der Waals surface area contributed by atoms with Crippen molar-refractivity contribution in [3.63, 3.8) is 0 Å². The predicted molar refractivity (Wildman–Crippen MR) is 81.7 cm³/mol. The number of carbonyl (C=O) groups is 1. The highest BCUT2D eigenvalue weighted by molar-refractivity contribution is 7.00. The maximum Gasteiger partial charge on any atom is 0.387 e. The number of benzene rings is 2. The highest BCUT2D eigenvalue weighted by Crippen LogP contribution is 2.20. The lowest BCUT2D eigenvalue weighted by atomic mass is 10.1. The van der Waals surface area contributed by atoms with Crippen LogP contribution in [0.25, 0.3) is 11.0 Å². The van der Waals surface area contributed by atoms with Crippen LogP contribution in [-0.4, -0.2) is 21.3 Å². The third kappa shape index (κ3) is 3.59. The molecule has 5 nitrogen and oxygen atoms in total. The SMILES string of the molecule is O=C(NCc1ccc2nsnc2c1)c1ccccc1OC(F)F. The zero-order valence-electron chi connectivity index (χ0n) is 11.7. The average molecular weight is 335 g/mol. The van der Waals surface area contributed by atoms with Crippen molar-refractivity contribution in [1.82, 2.24) is 14.1 Å². The monoisotopic (exact) mass is 335 g/mol. The molecule has 0 fully saturated rings. The molecule has 23 heavy (non-hydrogen) atoms. The molecule has 0 saturated carbocycles. The highest BCUT2D eigenvalue weighted by atomic mass is 32.1. The van der Waals surface area contributed by atoms with Gasteiger partial charge in [0.05, 0.1) is 17.3 Å². The number of rotatable bonds is 5. The van der Waals surface area contributed by atoms with Crippen molar-refractivity contribution in [1.29, 1.82) is 0 Å². The second kappa shape index (κ2) is 6.66. The van der Waals surface area contributed by atoms with Gasteiger partial charge in [-0.3, -0.25) is 4.79 Å². The molecule has 0 bridgehead atoms. The van der Waals surface area contributed by atoms with Crippen LogP contribution < -0.4 is 10.1 Å². The number of hydrogen-bond donors (Lipinski definition) is 1. The number of fused-ring (bicyclic) bond motifs is 1. The summed E-state index contributed by atoms with van der Waals surface area (Å²) < 4.78 is 37.3. The second-order valence-electron chi connectivity index (χ2n) is 4.64. The van der Waals surface area contributed by atoms with Crippen LogP contribution in [0.5, 0.6) is 5.75 Å². The third-order valence-electron chi connectivity index (χ3n) is 3.12. The predicted octanol–water partition coefficient (Wildman–Crippen LogP) is 3.22. The number of halogens is 2. The lowest BCUT2D eigenvalue weighted by molar-refractivity contribution is -0.0501. The van der Waals surface area contributed by atoms with Crippen molar-refractivity contribution in [3.05, 3.63) is 53.6 Å². The van der Waals surface area contributed by atoms with Gasteiger partial charge in [0.25, 0.3) is 5.91 Å². The van der Waals surface area contributed by atoms with Crippen LogP contribution in [0, 0.1) is 0 Å². The molecule has 1 N–H and O–H groups in total. The molecule has 0 atom stereocenters. The number of amides is 1. The minimum atomic E-state index is -2.98. The number of aromatic nitrogens is 2. The van der Waals surface area contributed by atoms with Crippen molar-refractivity contribution in [3.8, 4) is 5.75 Å². The van der Waals surface area contributed by atoms with E-state index in [1.807, 2.05) is 18.2 Å². The smallest absolute Gasteiger partial charge is 0.387 e. The van der Waals surface area contributed by atoms with Crippen LogP contribution in [0.2, 0.25) is 0 Å². The molecular weight excluding hydrogens is 324 g/mol. The number of nitrogens with zero attached hydrogens (tertiary/aromatic N) is 2. The largest absolute Gasteiger partial charge is 0.434 e. The molecule has 118 valence electrons. The Balaban J connectivity index is 1.71. The number of para-hydroxylation sites is 1. The molecular formula is C15H11F2N3O2S. The first kappa shape index (κ1) is 15.3. The number of carbonyl (C=O) groups excluding carboxylic acids is 1. The van der Waals surface area contributed by atoms with E-state index in [-0.39, 0.29) is 17.9 Å². The molecule has 0 radical (unpaired) electrons. The topological polar surface area (TPSA) is 64.1 Å². The van der Waals surface area contributed by atoms with E-state index in [0.29, 0.717) is 0 Å². The van der Waals surface area contributed by atoms with Crippen LogP contribution in [0.3, 0.4) is 0 Å². The molecule has 0 aliphatic carbocycles. The van der Waals surface area contributed by atoms with Gasteiger partial charge >= 0.3 is 6.61 Å². The van der Waals surface area contributed by atoms with Crippen LogP contribution in [0.4, 0.5) is 8.78 Å². The first-order valence-corrected chi connectivity index (χ1v) is 7.40. The van der Waals surface area contributed by atoms with E-state index in [4.69, 9.17) is 0 Å². The molecule has 1 amide bonds. The van der Waals surface area contributed by atoms with E-state index in [1.54, 1.807) is 6.07 Å². The van der Waals surface area contributed by atoms with Crippen LogP contribution in [-0.2, 0) is 6.54 Å². The standard InChI is InChI=1S/C15H11F2N3O2S/c16-15(17)22-13-4-2-1-3-10(13)14(21)18-8-9-5-6-11-12(7-9)20-23-19-11/h1-7,15H,8H2,(H,18,21). The molecule has 0 aliphatic rings. The van der Waals surface area contributed by atoms with Gasteiger partial charge < -0.3 is 10.1 Å². The van der Waals surface area contributed by atoms with Gasteiger partial charge in [0.1, 0.15) is 16.8 Å². The summed E-state index contributed by atoms with van der Waals surface area (Å²) in [5.74, 6) is -0.642. The summed E-state index contributed by atoms with van der Waals surface area (Å²) in [5, 5.41) is 2.68. The Kier molecular flexibility index (Phi) is 4.42. The molecule has 0 unspecified atom stereocenters. The zero-order valence-corrected chi connectivity index (χ0v) is 12.5. The van der Waals surface area contributed by atoms with E-state index < -0.39 is 12.5 Å². The minimum Gasteiger partial charge on any atom is -0.434 e. The summed E-state index contributed by atoms with van der Waals surface area (Å²) in [6, 6.07) is 11.3. The maximum atomic E-state index is 12.4. The quantitative estimate of drug-likeness (QED) is 0.777. The van der Waals surface area contributed by atoms with Gasteiger partial charge in [-0.25, -0.2) is 0 Å². The lowest BCUT2D eigenvalue weighted by Gasteiger charge is -2.10. The van der Waals surface area contributed by atoms with E-state index in [9.17, 15) is 13.6 Å². The Hall–Kier alpha value is -2.61. The summed E-state index contributed by atoms with van der Waals surface area (Å²) in [6.45, 7) is -2.74. The molecule has 1 heterocycles. The van der Waals surface area contributed by atoms with Crippen molar-refractivity contribution >= 4 is 28.7 Å². The van der Waals surface area contributed by atoms with Crippen molar-refractivity contribution in [2.45, 2.75) is 13.2 Å². The van der Waals surface area contributed by atoms with Crippen LogP contribution in [0.15, 0.2) is 42.5 Å². The fraction of sp³-hybridized carbons (Fsp3) is 0.133. The number of alkyl halides is 2. The maximum absolute atomic E-state index is 12.4. The normalized spacial score (nSPS) is 10.9. The van der Waals surface area contributed by atoms with Crippen molar-refractivity contribution in [2.24, 2.45) is 0 Å². The Morgan fingerprint density at radius 1 is 1.17 bits per heavy atom. The fourth-order valence-corrected chi connectivity index (χ4v) is 2.59. The highest BCUT2D eigenvalue weighted by Gasteiger charge is 2.15. The van der Waals surface area contributed by atoms with Gasteiger partial charge in [-0.1, -0.05) is 18.2 Å². The number of hydrogen-bond acceptors (Lipinski definition) is 5. The first-order valence-electron chi connectivity index (χ1n) is 6.67. The van der Waals surface area contributed by atoms with Crippen LogP contribution in [0.1, 0.15) is 15.9 Å². The Morgan fingerprint density at radius 2 is 1.96 bits per heavy atom. The summed E-state index contributed by atoms with van der Waals surface area (Å²) in [7, 11) is 0. The second-order valence-corrected chi connectivity index (χ2v) is 5.17. The molecule has 8 heteroatoms. The van der Waals surface area contributed by atoms with E-state index in [2.05, 4.69) is 18.8 Å². The van der Waals surface area contributed by atoms with Gasteiger partial charge in [-0.05, 0) is 29.8 Å². The van der Waals surface area contributed by atoms with E-state index >= 15 is 0 Å². The third-order valence-corrected chi connectivity index (χ3v) is 3.68. The van der Waals surface area contributed by atoms with Crippen LogP contribution >= 0.6 is 11.7 Å². The van der Waals surface area contributed by atoms with Gasteiger partial charge in [-0.2, -0.15) is 17.5 Å². The Labute approximate surface area is 134 Å². The van der Waals surface area contributed by atoms with Gasteiger partial charge in [0.15, 0.2) is 0 Å². The van der Waals surface area contributed by atoms with Crippen molar-refractivity contribution < 1.29 is 18.3 Å². The zero-order chi connectivity index (χ0) is 16.2. The Morgan fingerprint density at radius 3 is 2.78 bits per heavy atom. The average Bonchev–Trinajstić information content (AvgIpc) is 3.00. The summed E-state index contributed by atoms with van der Waals surface area (Å²) >= 11 is 1.12. The lowest BCUT2D eigenvalue weighted by Crippen LogP contribution is -2.23. The molecule has 3 rings (SSSR count). The molecule has 3 aromatic rings. The van der Waals surface area contributed by atoms with Gasteiger partial charge in [-0.15, -0.1) is 0 Å². The van der Waals surface area contributed by atoms with Crippen molar-refractivity contribution in [2.75, 3.05) is 0 Å².